The molecular weight excluding hydrogens is 414 g/mol. The largest absolute Gasteiger partial charge is 0.506 e. The fraction of sp³-hybridized carbons (Fsp3) is 0.0741. The molecule has 162 valence electrons. The number of fused-ring (bicyclic) bond motifs is 1. The Labute approximate surface area is 189 Å². The third kappa shape index (κ3) is 3.51. The van der Waals surface area contributed by atoms with Gasteiger partial charge in [0.1, 0.15) is 16.8 Å². The number of benzene rings is 3. The van der Waals surface area contributed by atoms with E-state index in [4.69, 9.17) is 0 Å². The summed E-state index contributed by atoms with van der Waals surface area (Å²) in [6.07, 6.45) is 0. The minimum Gasteiger partial charge on any atom is -0.506 e. The first-order chi connectivity index (χ1) is 16.1. The summed E-state index contributed by atoms with van der Waals surface area (Å²) in [5.74, 6) is -0.328. The standard InChI is InChI=1S/C27H21N3O3/c1-29-26(32)22-24(23(28-29)20-15-9-4-10-16-20)30(17-18-11-5-2-6-12-18)27(33)21(25(22)31)19-13-7-3-8-14-19/h2-16,31H,17H2,1H3. The van der Waals surface area contributed by atoms with Crippen LogP contribution in [-0.4, -0.2) is 19.5 Å². The van der Waals surface area contributed by atoms with Crippen LogP contribution in [0.15, 0.2) is 101 Å². The molecule has 0 fully saturated rings. The highest BCUT2D eigenvalue weighted by molar-refractivity contribution is 5.98. The molecule has 6 nitrogen and oxygen atoms in total. The number of aromatic nitrogens is 3. The molecule has 0 aliphatic rings. The van der Waals surface area contributed by atoms with Gasteiger partial charge in [0, 0.05) is 12.6 Å². The van der Waals surface area contributed by atoms with Crippen molar-refractivity contribution in [3.63, 3.8) is 0 Å². The first-order valence-electron chi connectivity index (χ1n) is 10.6. The van der Waals surface area contributed by atoms with Crippen molar-refractivity contribution in [3.05, 3.63) is 117 Å². The molecule has 0 aliphatic carbocycles. The van der Waals surface area contributed by atoms with Gasteiger partial charge in [-0.25, -0.2) is 4.68 Å². The molecule has 0 unspecified atom stereocenters. The summed E-state index contributed by atoms with van der Waals surface area (Å²) in [4.78, 5) is 27.1. The van der Waals surface area contributed by atoms with Crippen LogP contribution in [0, 0.1) is 0 Å². The summed E-state index contributed by atoms with van der Waals surface area (Å²) in [7, 11) is 1.54. The zero-order chi connectivity index (χ0) is 22.9. The van der Waals surface area contributed by atoms with Gasteiger partial charge in [-0.3, -0.25) is 9.59 Å². The van der Waals surface area contributed by atoms with Gasteiger partial charge in [0.15, 0.2) is 0 Å². The van der Waals surface area contributed by atoms with E-state index in [2.05, 4.69) is 5.10 Å². The van der Waals surface area contributed by atoms with Crippen LogP contribution in [0.3, 0.4) is 0 Å². The molecular formula is C27H21N3O3. The second kappa shape index (κ2) is 8.24. The molecule has 3 aromatic carbocycles. The maximum absolute atomic E-state index is 13.9. The summed E-state index contributed by atoms with van der Waals surface area (Å²) in [5, 5.41) is 15.9. The summed E-state index contributed by atoms with van der Waals surface area (Å²) in [5.41, 5.74) is 2.19. The van der Waals surface area contributed by atoms with E-state index in [1.807, 2.05) is 66.7 Å². The molecule has 0 amide bonds. The predicted molar refractivity (Wildman–Crippen MR) is 129 cm³/mol. The maximum Gasteiger partial charge on any atom is 0.279 e. The van der Waals surface area contributed by atoms with Crippen molar-refractivity contribution in [2.24, 2.45) is 7.05 Å². The zero-order valence-corrected chi connectivity index (χ0v) is 18.0. The first kappa shape index (κ1) is 20.5. The van der Waals surface area contributed by atoms with Gasteiger partial charge in [0.05, 0.1) is 17.6 Å². The number of rotatable bonds is 4. The number of hydrogen-bond acceptors (Lipinski definition) is 4. The molecule has 5 rings (SSSR count). The van der Waals surface area contributed by atoms with Crippen molar-refractivity contribution in [1.29, 1.82) is 0 Å². The highest BCUT2D eigenvalue weighted by Crippen LogP contribution is 2.34. The molecule has 0 radical (unpaired) electrons. The highest BCUT2D eigenvalue weighted by atomic mass is 16.3. The van der Waals surface area contributed by atoms with Gasteiger partial charge < -0.3 is 9.67 Å². The van der Waals surface area contributed by atoms with Crippen LogP contribution in [-0.2, 0) is 13.6 Å². The molecule has 5 aromatic rings. The summed E-state index contributed by atoms with van der Waals surface area (Å²) in [6.45, 7) is 0.227. The average Bonchev–Trinajstić information content (AvgIpc) is 2.85. The van der Waals surface area contributed by atoms with Gasteiger partial charge in [0.2, 0.25) is 0 Å². The van der Waals surface area contributed by atoms with Crippen LogP contribution in [0.5, 0.6) is 5.75 Å². The van der Waals surface area contributed by atoms with Crippen LogP contribution in [0.2, 0.25) is 0 Å². The lowest BCUT2D eigenvalue weighted by Gasteiger charge is -2.18. The van der Waals surface area contributed by atoms with Crippen LogP contribution in [0.1, 0.15) is 5.56 Å². The molecule has 2 heterocycles. The number of pyridine rings is 1. The van der Waals surface area contributed by atoms with Crippen molar-refractivity contribution in [2.75, 3.05) is 0 Å². The first-order valence-corrected chi connectivity index (χ1v) is 10.6. The molecule has 0 spiro atoms. The third-order valence-electron chi connectivity index (χ3n) is 5.71. The molecule has 0 bridgehead atoms. The van der Waals surface area contributed by atoms with Gasteiger partial charge in [-0.15, -0.1) is 0 Å². The second-order valence-corrected chi connectivity index (χ2v) is 7.83. The van der Waals surface area contributed by atoms with E-state index in [1.165, 1.54) is 4.68 Å². The maximum atomic E-state index is 13.9. The minimum atomic E-state index is -0.471. The Kier molecular flexibility index (Phi) is 5.11. The monoisotopic (exact) mass is 435 g/mol. The molecule has 0 saturated heterocycles. The number of nitrogens with zero attached hydrogens (tertiary/aromatic N) is 3. The van der Waals surface area contributed by atoms with Gasteiger partial charge in [0.25, 0.3) is 11.1 Å². The van der Waals surface area contributed by atoms with E-state index in [0.29, 0.717) is 16.8 Å². The quantitative estimate of drug-likeness (QED) is 0.459. The lowest BCUT2D eigenvalue weighted by molar-refractivity contribution is 0.480. The van der Waals surface area contributed by atoms with Crippen molar-refractivity contribution in [2.45, 2.75) is 6.54 Å². The molecule has 0 saturated carbocycles. The SMILES string of the molecule is Cn1nc(-c2ccccc2)c2c(c(O)c(-c3ccccc3)c(=O)n2Cc2ccccc2)c1=O. The zero-order valence-electron chi connectivity index (χ0n) is 18.0. The predicted octanol–water partition coefficient (Wildman–Crippen LogP) is 4.18. The Hall–Kier alpha value is -4.45. The topological polar surface area (TPSA) is 77.1 Å². The van der Waals surface area contributed by atoms with Gasteiger partial charge in [-0.1, -0.05) is 91.0 Å². The fourth-order valence-electron chi connectivity index (χ4n) is 4.14. The summed E-state index contributed by atoms with van der Waals surface area (Å²) < 4.78 is 2.75. The van der Waals surface area contributed by atoms with Gasteiger partial charge in [-0.05, 0) is 11.1 Å². The molecule has 1 N–H and O–H groups in total. The molecule has 33 heavy (non-hydrogen) atoms. The minimum absolute atomic E-state index is 0.0701. The van der Waals surface area contributed by atoms with E-state index in [-0.39, 0.29) is 28.8 Å². The number of aryl methyl sites for hydroxylation is 1. The van der Waals surface area contributed by atoms with Crippen LogP contribution < -0.4 is 11.1 Å². The van der Waals surface area contributed by atoms with Crippen molar-refractivity contribution >= 4 is 10.9 Å². The van der Waals surface area contributed by atoms with E-state index < -0.39 is 5.56 Å². The summed E-state index contributed by atoms with van der Waals surface area (Å²) in [6, 6.07) is 27.8. The lowest BCUT2D eigenvalue weighted by atomic mass is 10.0. The van der Waals surface area contributed by atoms with E-state index in [9.17, 15) is 14.7 Å². The Morgan fingerprint density at radius 3 is 1.91 bits per heavy atom. The van der Waals surface area contributed by atoms with Crippen LogP contribution >= 0.6 is 0 Å². The van der Waals surface area contributed by atoms with Gasteiger partial charge in [-0.2, -0.15) is 5.10 Å². The molecule has 2 aromatic heterocycles. The lowest BCUT2D eigenvalue weighted by Crippen LogP contribution is -2.29. The normalized spacial score (nSPS) is 11.1. The van der Waals surface area contributed by atoms with Crippen LogP contribution in [0.4, 0.5) is 0 Å². The molecule has 6 heteroatoms. The Morgan fingerprint density at radius 2 is 1.30 bits per heavy atom. The Bertz CT molecular complexity index is 1570. The average molecular weight is 435 g/mol. The number of hydrogen-bond donors (Lipinski definition) is 1. The molecule has 0 aliphatic heterocycles. The smallest absolute Gasteiger partial charge is 0.279 e. The Morgan fingerprint density at radius 1 is 0.758 bits per heavy atom. The fourth-order valence-corrected chi connectivity index (χ4v) is 4.14. The van der Waals surface area contributed by atoms with Crippen molar-refractivity contribution in [1.82, 2.24) is 14.3 Å². The molecule has 0 atom stereocenters. The summed E-state index contributed by atoms with van der Waals surface area (Å²) >= 11 is 0. The third-order valence-corrected chi connectivity index (χ3v) is 5.71. The second-order valence-electron chi connectivity index (χ2n) is 7.83. The van der Waals surface area contributed by atoms with E-state index in [0.717, 1.165) is 11.1 Å². The van der Waals surface area contributed by atoms with Crippen LogP contribution in [0.25, 0.3) is 33.3 Å². The van der Waals surface area contributed by atoms with Gasteiger partial charge >= 0.3 is 0 Å². The van der Waals surface area contributed by atoms with Crippen molar-refractivity contribution < 1.29 is 5.11 Å². The van der Waals surface area contributed by atoms with Crippen molar-refractivity contribution in [3.8, 4) is 28.1 Å². The van der Waals surface area contributed by atoms with E-state index >= 15 is 0 Å². The highest BCUT2D eigenvalue weighted by Gasteiger charge is 2.24. The number of aromatic hydroxyl groups is 1. The van der Waals surface area contributed by atoms with E-state index in [1.54, 1.807) is 35.9 Å². The Balaban J connectivity index is 1.97.